The molecule has 2 aliphatic rings. The van der Waals surface area contributed by atoms with Gasteiger partial charge < -0.3 is 10.1 Å². The third kappa shape index (κ3) is 3.32. The van der Waals surface area contributed by atoms with E-state index < -0.39 is 0 Å². The van der Waals surface area contributed by atoms with Crippen molar-refractivity contribution in [2.75, 3.05) is 13.2 Å². The van der Waals surface area contributed by atoms with Crippen LogP contribution in [0.2, 0.25) is 0 Å². The van der Waals surface area contributed by atoms with Crippen LogP contribution in [0.25, 0.3) is 0 Å². The molecule has 1 aromatic heterocycles. The Balaban J connectivity index is 1.69. The Labute approximate surface area is 128 Å². The van der Waals surface area contributed by atoms with Crippen LogP contribution in [0, 0.1) is 5.41 Å². The van der Waals surface area contributed by atoms with Gasteiger partial charge in [0.2, 0.25) is 0 Å². The third-order valence-electron chi connectivity index (χ3n) is 5.39. The molecule has 1 N–H and O–H groups in total. The van der Waals surface area contributed by atoms with Crippen LogP contribution in [0.4, 0.5) is 0 Å². The standard InChI is InChI=1S/C17H29N3O/c1-4-13(2)20-9-7-16(19-20)11-17(8-10-21-14(17)3)12-18-15-5-6-15/h7,9,13-15,18H,4-6,8,10-12H2,1-3H3. The van der Waals surface area contributed by atoms with Gasteiger partial charge in [0.25, 0.3) is 0 Å². The number of nitrogens with one attached hydrogen (secondary N) is 1. The van der Waals surface area contributed by atoms with Gasteiger partial charge in [0, 0.05) is 43.3 Å². The fraction of sp³-hybridized carbons (Fsp3) is 0.824. The first-order valence-corrected chi connectivity index (χ1v) is 8.52. The summed E-state index contributed by atoms with van der Waals surface area (Å²) in [6.07, 6.45) is 8.42. The van der Waals surface area contributed by atoms with E-state index >= 15 is 0 Å². The highest BCUT2D eigenvalue weighted by Crippen LogP contribution is 2.38. The van der Waals surface area contributed by atoms with E-state index in [0.717, 1.165) is 38.5 Å². The smallest absolute Gasteiger partial charge is 0.0631 e. The van der Waals surface area contributed by atoms with Crippen molar-refractivity contribution >= 4 is 0 Å². The van der Waals surface area contributed by atoms with Crippen molar-refractivity contribution in [1.82, 2.24) is 15.1 Å². The number of ether oxygens (including phenoxy) is 1. The van der Waals surface area contributed by atoms with Crippen LogP contribution in [-0.4, -0.2) is 35.1 Å². The first-order chi connectivity index (χ1) is 10.1. The average molecular weight is 291 g/mol. The van der Waals surface area contributed by atoms with Crippen LogP contribution in [0.5, 0.6) is 0 Å². The lowest BCUT2D eigenvalue weighted by Crippen LogP contribution is -2.42. The molecule has 1 aromatic rings. The zero-order valence-electron chi connectivity index (χ0n) is 13.6. The van der Waals surface area contributed by atoms with Crippen LogP contribution in [-0.2, 0) is 11.2 Å². The molecule has 4 heteroatoms. The highest BCUT2D eigenvalue weighted by Gasteiger charge is 2.42. The molecule has 0 spiro atoms. The molecular weight excluding hydrogens is 262 g/mol. The molecule has 0 bridgehead atoms. The van der Waals surface area contributed by atoms with E-state index in [1.165, 1.54) is 18.5 Å². The SMILES string of the molecule is CCC(C)n1ccc(CC2(CNC3CC3)CCOC2C)n1. The van der Waals surface area contributed by atoms with Crippen molar-refractivity contribution < 1.29 is 4.74 Å². The lowest BCUT2D eigenvalue weighted by atomic mass is 9.77. The second kappa shape index (κ2) is 6.09. The minimum atomic E-state index is 0.219. The van der Waals surface area contributed by atoms with Gasteiger partial charge >= 0.3 is 0 Å². The molecule has 0 amide bonds. The molecule has 118 valence electrons. The Morgan fingerprint density at radius 1 is 1.52 bits per heavy atom. The summed E-state index contributed by atoms with van der Waals surface area (Å²) in [5.41, 5.74) is 1.43. The van der Waals surface area contributed by atoms with Gasteiger partial charge in [-0.1, -0.05) is 6.92 Å². The summed E-state index contributed by atoms with van der Waals surface area (Å²) in [7, 11) is 0. The number of hydrogen-bond acceptors (Lipinski definition) is 3. The average Bonchev–Trinajstić information content (AvgIpc) is 3.10. The van der Waals surface area contributed by atoms with Gasteiger partial charge in [0.05, 0.1) is 11.8 Å². The van der Waals surface area contributed by atoms with Crippen LogP contribution in [0.3, 0.4) is 0 Å². The molecular formula is C17H29N3O. The Morgan fingerprint density at radius 3 is 2.95 bits per heavy atom. The lowest BCUT2D eigenvalue weighted by molar-refractivity contribution is 0.0622. The summed E-state index contributed by atoms with van der Waals surface area (Å²) >= 11 is 0. The van der Waals surface area contributed by atoms with Gasteiger partial charge in [-0.25, -0.2) is 0 Å². The molecule has 0 aromatic carbocycles. The van der Waals surface area contributed by atoms with Crippen LogP contribution >= 0.6 is 0 Å². The van der Waals surface area contributed by atoms with Crippen molar-refractivity contribution in [2.24, 2.45) is 5.41 Å². The quantitative estimate of drug-likeness (QED) is 0.839. The summed E-state index contributed by atoms with van der Waals surface area (Å²) in [5, 5.41) is 8.52. The predicted octanol–water partition coefficient (Wildman–Crippen LogP) is 2.94. The Kier molecular flexibility index (Phi) is 4.36. The Bertz CT molecular complexity index is 468. The zero-order valence-corrected chi connectivity index (χ0v) is 13.6. The van der Waals surface area contributed by atoms with E-state index in [0.29, 0.717) is 12.1 Å². The first kappa shape index (κ1) is 15.0. The lowest BCUT2D eigenvalue weighted by Gasteiger charge is -2.32. The molecule has 1 saturated heterocycles. The molecule has 2 heterocycles. The van der Waals surface area contributed by atoms with E-state index in [1.54, 1.807) is 0 Å². The maximum Gasteiger partial charge on any atom is 0.0631 e. The highest BCUT2D eigenvalue weighted by molar-refractivity contribution is 5.08. The molecule has 1 aliphatic heterocycles. The minimum absolute atomic E-state index is 0.219. The van der Waals surface area contributed by atoms with Crippen molar-refractivity contribution in [1.29, 1.82) is 0 Å². The van der Waals surface area contributed by atoms with Crippen molar-refractivity contribution in [3.63, 3.8) is 0 Å². The van der Waals surface area contributed by atoms with Gasteiger partial charge in [-0.05, 0) is 45.6 Å². The van der Waals surface area contributed by atoms with Crippen molar-refractivity contribution in [3.8, 4) is 0 Å². The minimum Gasteiger partial charge on any atom is -0.378 e. The van der Waals surface area contributed by atoms with Crippen LogP contribution in [0.1, 0.15) is 58.2 Å². The Morgan fingerprint density at radius 2 is 2.33 bits per heavy atom. The molecule has 3 atom stereocenters. The maximum atomic E-state index is 5.89. The van der Waals surface area contributed by atoms with Gasteiger partial charge in [-0.15, -0.1) is 0 Å². The molecule has 3 unspecified atom stereocenters. The molecule has 1 saturated carbocycles. The molecule has 3 rings (SSSR count). The van der Waals surface area contributed by atoms with Crippen molar-refractivity contribution in [3.05, 3.63) is 18.0 Å². The van der Waals surface area contributed by atoms with E-state index in [2.05, 4.69) is 43.0 Å². The second-order valence-corrected chi connectivity index (χ2v) is 7.00. The number of hydrogen-bond donors (Lipinski definition) is 1. The van der Waals surface area contributed by atoms with E-state index in [9.17, 15) is 0 Å². The fourth-order valence-electron chi connectivity index (χ4n) is 3.25. The fourth-order valence-corrected chi connectivity index (χ4v) is 3.25. The van der Waals surface area contributed by atoms with Gasteiger partial charge in [0.15, 0.2) is 0 Å². The Hall–Kier alpha value is -0.870. The summed E-state index contributed by atoms with van der Waals surface area (Å²) in [6.45, 7) is 8.62. The monoisotopic (exact) mass is 291 g/mol. The molecule has 0 radical (unpaired) electrons. The predicted molar refractivity (Wildman–Crippen MR) is 84.4 cm³/mol. The van der Waals surface area contributed by atoms with E-state index in [1.807, 2.05) is 0 Å². The molecule has 1 aliphatic carbocycles. The highest BCUT2D eigenvalue weighted by atomic mass is 16.5. The van der Waals surface area contributed by atoms with Gasteiger partial charge in [0.1, 0.15) is 0 Å². The summed E-state index contributed by atoms with van der Waals surface area (Å²) in [4.78, 5) is 0. The van der Waals surface area contributed by atoms with Gasteiger partial charge in [-0.2, -0.15) is 5.10 Å². The molecule has 2 fully saturated rings. The maximum absolute atomic E-state index is 5.89. The molecule has 4 nitrogen and oxygen atoms in total. The number of nitrogens with zero attached hydrogens (tertiary/aromatic N) is 2. The number of rotatable bonds is 7. The van der Waals surface area contributed by atoms with E-state index in [4.69, 9.17) is 9.84 Å². The summed E-state index contributed by atoms with van der Waals surface area (Å²) in [6, 6.07) is 3.43. The zero-order chi connectivity index (χ0) is 14.9. The van der Waals surface area contributed by atoms with Gasteiger partial charge in [-0.3, -0.25) is 4.68 Å². The number of aromatic nitrogens is 2. The summed E-state index contributed by atoms with van der Waals surface area (Å²) < 4.78 is 8.00. The topological polar surface area (TPSA) is 39.1 Å². The first-order valence-electron chi connectivity index (χ1n) is 8.52. The second-order valence-electron chi connectivity index (χ2n) is 7.00. The third-order valence-corrected chi connectivity index (χ3v) is 5.39. The van der Waals surface area contributed by atoms with E-state index in [-0.39, 0.29) is 5.41 Å². The summed E-state index contributed by atoms with van der Waals surface area (Å²) in [5.74, 6) is 0. The van der Waals surface area contributed by atoms with Crippen molar-refractivity contribution in [2.45, 2.75) is 71.1 Å². The largest absolute Gasteiger partial charge is 0.378 e. The normalized spacial score (nSPS) is 30.7. The molecule has 21 heavy (non-hydrogen) atoms. The van der Waals surface area contributed by atoms with Crippen LogP contribution in [0.15, 0.2) is 12.3 Å². The van der Waals surface area contributed by atoms with Crippen LogP contribution < -0.4 is 5.32 Å².